The number of non-ortho nitro benzene ring substituents is 1. The van der Waals surface area contributed by atoms with Crippen LogP contribution in [-0.2, 0) is 4.79 Å². The maximum atomic E-state index is 12.0. The molecular weight excluding hydrogens is 308 g/mol. The first-order chi connectivity index (χ1) is 11.5. The third kappa shape index (κ3) is 4.91. The van der Waals surface area contributed by atoms with Crippen LogP contribution in [0.4, 0.5) is 11.4 Å². The fraction of sp³-hybridized carbons (Fsp3) is 0.176. The third-order valence-electron chi connectivity index (χ3n) is 3.30. The smallest absolute Gasteiger partial charge is 0.270 e. The number of nitro groups is 1. The number of anilines is 1. The third-order valence-corrected chi connectivity index (χ3v) is 3.30. The van der Waals surface area contributed by atoms with E-state index in [4.69, 9.17) is 0 Å². The van der Waals surface area contributed by atoms with Crippen molar-refractivity contribution in [3.63, 3.8) is 0 Å². The minimum absolute atomic E-state index is 0.0281. The minimum atomic E-state index is -0.483. The van der Waals surface area contributed by atoms with Gasteiger partial charge >= 0.3 is 0 Å². The molecule has 0 aromatic heterocycles. The van der Waals surface area contributed by atoms with Crippen LogP contribution in [0.15, 0.2) is 53.6 Å². The monoisotopic (exact) mass is 326 g/mol. The molecule has 0 aliphatic rings. The van der Waals surface area contributed by atoms with Crippen molar-refractivity contribution in [3.8, 4) is 0 Å². The molecule has 0 aliphatic carbocycles. The maximum absolute atomic E-state index is 12.0. The van der Waals surface area contributed by atoms with E-state index in [2.05, 4.69) is 15.8 Å². The zero-order chi connectivity index (χ0) is 17.5. The summed E-state index contributed by atoms with van der Waals surface area (Å²) >= 11 is 0. The van der Waals surface area contributed by atoms with Gasteiger partial charge in [0.15, 0.2) is 0 Å². The van der Waals surface area contributed by atoms with E-state index >= 15 is 0 Å². The Morgan fingerprint density at radius 2 is 1.96 bits per heavy atom. The van der Waals surface area contributed by atoms with Crippen LogP contribution in [0.25, 0.3) is 0 Å². The molecule has 1 atom stereocenters. The molecule has 1 amide bonds. The number of amides is 1. The van der Waals surface area contributed by atoms with E-state index in [1.807, 2.05) is 31.2 Å². The van der Waals surface area contributed by atoms with Crippen LogP contribution < -0.4 is 10.7 Å². The van der Waals surface area contributed by atoms with Gasteiger partial charge in [-0.2, -0.15) is 5.10 Å². The summed E-state index contributed by atoms with van der Waals surface area (Å²) in [6.45, 7) is 3.71. The lowest BCUT2D eigenvalue weighted by molar-refractivity contribution is -0.384. The van der Waals surface area contributed by atoms with Gasteiger partial charge in [-0.15, -0.1) is 0 Å². The number of rotatable bonds is 6. The Bertz CT molecular complexity index is 757. The summed E-state index contributed by atoms with van der Waals surface area (Å²) in [7, 11) is 0. The highest BCUT2D eigenvalue weighted by atomic mass is 16.6. The van der Waals surface area contributed by atoms with Gasteiger partial charge in [0.1, 0.15) is 6.04 Å². The molecule has 124 valence electrons. The van der Waals surface area contributed by atoms with Crippen molar-refractivity contribution in [3.05, 3.63) is 69.8 Å². The SMILES string of the molecule is Cc1ccc(N[C@@H](C)C(=O)N/N=C\c2cccc([N+](=O)[O-])c2)cc1. The van der Waals surface area contributed by atoms with Gasteiger partial charge in [0.05, 0.1) is 11.1 Å². The average molecular weight is 326 g/mol. The quantitative estimate of drug-likeness (QED) is 0.484. The van der Waals surface area contributed by atoms with Crippen LogP contribution in [0.2, 0.25) is 0 Å². The van der Waals surface area contributed by atoms with Gasteiger partial charge in [-0.3, -0.25) is 14.9 Å². The Kier molecular flexibility index (Phi) is 5.62. The zero-order valence-corrected chi connectivity index (χ0v) is 13.4. The maximum Gasteiger partial charge on any atom is 0.270 e. The van der Waals surface area contributed by atoms with Crippen LogP contribution in [0.3, 0.4) is 0 Å². The molecule has 0 aliphatic heterocycles. The van der Waals surface area contributed by atoms with Crippen LogP contribution in [-0.4, -0.2) is 23.1 Å². The Labute approximate surface area is 139 Å². The van der Waals surface area contributed by atoms with Crippen LogP contribution in [0.5, 0.6) is 0 Å². The topological polar surface area (TPSA) is 96.6 Å². The Morgan fingerprint density at radius 1 is 1.25 bits per heavy atom. The Morgan fingerprint density at radius 3 is 2.62 bits per heavy atom. The number of benzene rings is 2. The highest BCUT2D eigenvalue weighted by molar-refractivity contribution is 5.86. The summed E-state index contributed by atoms with van der Waals surface area (Å²) in [6.07, 6.45) is 1.36. The summed E-state index contributed by atoms with van der Waals surface area (Å²) in [5, 5.41) is 17.6. The van der Waals surface area contributed by atoms with E-state index in [0.29, 0.717) is 5.56 Å². The highest BCUT2D eigenvalue weighted by Crippen LogP contribution is 2.12. The molecule has 2 rings (SSSR count). The number of nitrogens with one attached hydrogen (secondary N) is 2. The summed E-state index contributed by atoms with van der Waals surface area (Å²) in [6, 6.07) is 13.2. The summed E-state index contributed by atoms with van der Waals surface area (Å²) in [5.41, 5.74) is 4.89. The van der Waals surface area contributed by atoms with Crippen LogP contribution in [0, 0.1) is 17.0 Å². The molecule has 7 heteroatoms. The van der Waals surface area contributed by atoms with Crippen molar-refractivity contribution in [2.75, 3.05) is 5.32 Å². The molecule has 0 spiro atoms. The van der Waals surface area contributed by atoms with E-state index in [0.717, 1.165) is 11.3 Å². The molecule has 7 nitrogen and oxygen atoms in total. The highest BCUT2D eigenvalue weighted by Gasteiger charge is 2.11. The lowest BCUT2D eigenvalue weighted by Gasteiger charge is -2.13. The number of nitro benzene ring substituents is 1. The van der Waals surface area contributed by atoms with E-state index < -0.39 is 11.0 Å². The van der Waals surface area contributed by atoms with Crippen LogP contribution in [0.1, 0.15) is 18.1 Å². The first-order valence-corrected chi connectivity index (χ1v) is 7.36. The number of hydrogen-bond acceptors (Lipinski definition) is 5. The second-order valence-electron chi connectivity index (χ2n) is 5.32. The van der Waals surface area contributed by atoms with Crippen molar-refractivity contribution in [2.24, 2.45) is 5.10 Å². The largest absolute Gasteiger partial charge is 0.374 e. The standard InChI is InChI=1S/C17H18N4O3/c1-12-6-8-15(9-7-12)19-13(2)17(22)20-18-11-14-4-3-5-16(10-14)21(23)24/h3-11,13,19H,1-2H3,(H,20,22)/b18-11-/t13-/m0/s1. The predicted molar refractivity (Wildman–Crippen MR) is 93.1 cm³/mol. The fourth-order valence-electron chi connectivity index (χ4n) is 1.95. The van der Waals surface area contributed by atoms with Gasteiger partial charge in [-0.1, -0.05) is 29.8 Å². The van der Waals surface area contributed by atoms with Gasteiger partial charge in [-0.25, -0.2) is 5.43 Å². The predicted octanol–water partition coefficient (Wildman–Crippen LogP) is 2.85. The van der Waals surface area contributed by atoms with Gasteiger partial charge in [0.2, 0.25) is 0 Å². The number of nitrogens with zero attached hydrogens (tertiary/aromatic N) is 2. The number of hydrogen-bond donors (Lipinski definition) is 2. The molecular formula is C17H18N4O3. The average Bonchev–Trinajstić information content (AvgIpc) is 2.57. The summed E-state index contributed by atoms with van der Waals surface area (Å²) < 4.78 is 0. The summed E-state index contributed by atoms with van der Waals surface area (Å²) in [5.74, 6) is -0.308. The van der Waals surface area contributed by atoms with Crippen molar-refractivity contribution >= 4 is 23.5 Å². The Balaban J connectivity index is 1.90. The van der Waals surface area contributed by atoms with Gasteiger partial charge in [0, 0.05) is 23.4 Å². The first kappa shape index (κ1) is 17.1. The molecule has 0 saturated carbocycles. The van der Waals surface area contributed by atoms with Crippen molar-refractivity contribution in [1.82, 2.24) is 5.43 Å². The summed E-state index contributed by atoms with van der Waals surface area (Å²) in [4.78, 5) is 22.2. The number of carbonyl (C=O) groups excluding carboxylic acids is 1. The van der Waals surface area contributed by atoms with Gasteiger partial charge in [0.25, 0.3) is 11.6 Å². The molecule has 0 saturated heterocycles. The first-order valence-electron chi connectivity index (χ1n) is 7.36. The van der Waals surface area contributed by atoms with Crippen molar-refractivity contribution in [1.29, 1.82) is 0 Å². The molecule has 0 radical (unpaired) electrons. The Hall–Kier alpha value is -3.22. The van der Waals surface area contributed by atoms with Crippen molar-refractivity contribution < 1.29 is 9.72 Å². The van der Waals surface area contributed by atoms with Gasteiger partial charge in [-0.05, 0) is 26.0 Å². The van der Waals surface area contributed by atoms with Gasteiger partial charge < -0.3 is 5.32 Å². The lowest BCUT2D eigenvalue weighted by atomic mass is 10.2. The van der Waals surface area contributed by atoms with Crippen LogP contribution >= 0.6 is 0 Å². The van der Waals surface area contributed by atoms with E-state index in [9.17, 15) is 14.9 Å². The second kappa shape index (κ2) is 7.87. The zero-order valence-electron chi connectivity index (χ0n) is 13.4. The number of hydrazone groups is 1. The van der Waals surface area contributed by atoms with E-state index in [1.54, 1.807) is 19.1 Å². The molecule has 24 heavy (non-hydrogen) atoms. The van der Waals surface area contributed by atoms with E-state index in [1.165, 1.54) is 18.3 Å². The van der Waals surface area contributed by atoms with E-state index in [-0.39, 0.29) is 11.6 Å². The van der Waals surface area contributed by atoms with Crippen molar-refractivity contribution in [2.45, 2.75) is 19.9 Å². The molecule has 0 bridgehead atoms. The second-order valence-corrected chi connectivity index (χ2v) is 5.32. The molecule has 2 aromatic carbocycles. The molecule has 2 aromatic rings. The number of aryl methyl sites for hydroxylation is 1. The minimum Gasteiger partial charge on any atom is -0.374 e. The fourth-order valence-corrected chi connectivity index (χ4v) is 1.95. The molecule has 0 unspecified atom stereocenters. The number of carbonyl (C=O) groups is 1. The molecule has 0 heterocycles. The normalized spacial score (nSPS) is 11.9. The molecule has 0 fully saturated rings. The lowest BCUT2D eigenvalue weighted by Crippen LogP contribution is -2.34. The molecule has 2 N–H and O–H groups in total.